The molecule has 23 heavy (non-hydrogen) atoms. The minimum atomic E-state index is -4.84. The van der Waals surface area contributed by atoms with Gasteiger partial charge in [-0.15, -0.1) is 0 Å². The molecule has 1 saturated heterocycles. The van der Waals surface area contributed by atoms with E-state index in [1.165, 1.54) is 0 Å². The van der Waals surface area contributed by atoms with E-state index in [2.05, 4.69) is 5.32 Å². The lowest BCUT2D eigenvalue weighted by atomic mass is 9.95. The molecule has 2 amide bonds. The first-order valence-electron chi connectivity index (χ1n) is 7.52. The Balaban J connectivity index is 1.72. The molecule has 128 valence electrons. The lowest BCUT2D eigenvalue weighted by molar-refractivity contribution is -0.186. The third-order valence-electron chi connectivity index (χ3n) is 4.00. The van der Waals surface area contributed by atoms with Crippen molar-refractivity contribution >= 4 is 11.8 Å². The Morgan fingerprint density at radius 1 is 1.30 bits per heavy atom. The summed E-state index contributed by atoms with van der Waals surface area (Å²) >= 11 is 0. The number of alkyl halides is 3. The van der Waals surface area contributed by atoms with Gasteiger partial charge < -0.3 is 14.8 Å². The van der Waals surface area contributed by atoms with Gasteiger partial charge in [-0.25, -0.2) is 0 Å². The average molecular weight is 331 g/mol. The number of piperidine rings is 1. The van der Waals surface area contributed by atoms with Gasteiger partial charge in [0.2, 0.25) is 5.91 Å². The Labute approximate surface area is 132 Å². The van der Waals surface area contributed by atoms with E-state index in [0.29, 0.717) is 13.0 Å². The number of hydrogen-bond donors (Lipinski definition) is 1. The van der Waals surface area contributed by atoms with Crippen LogP contribution in [-0.2, 0) is 23.1 Å². The number of carbonyl (C=O) groups excluding carboxylic acids is 2. The van der Waals surface area contributed by atoms with Crippen LogP contribution in [0.5, 0.6) is 0 Å². The van der Waals surface area contributed by atoms with Crippen LogP contribution in [0.2, 0.25) is 0 Å². The molecular formula is C15H20F3N3O2. The predicted octanol–water partition coefficient (Wildman–Crippen LogP) is 1.48. The van der Waals surface area contributed by atoms with E-state index in [9.17, 15) is 22.8 Å². The van der Waals surface area contributed by atoms with E-state index in [-0.39, 0.29) is 37.8 Å². The molecule has 0 radical (unpaired) electrons. The van der Waals surface area contributed by atoms with E-state index >= 15 is 0 Å². The second kappa shape index (κ2) is 7.06. The fraction of sp³-hybridized carbons (Fsp3) is 0.600. The van der Waals surface area contributed by atoms with Crippen LogP contribution in [-0.4, -0.2) is 47.1 Å². The van der Waals surface area contributed by atoms with Gasteiger partial charge in [0.25, 0.3) is 0 Å². The van der Waals surface area contributed by atoms with Crippen LogP contribution in [0.3, 0.4) is 0 Å². The van der Waals surface area contributed by atoms with Gasteiger partial charge >= 0.3 is 12.1 Å². The normalized spacial score (nSPS) is 16.4. The highest BCUT2D eigenvalue weighted by Crippen LogP contribution is 2.23. The Hall–Kier alpha value is -1.99. The van der Waals surface area contributed by atoms with Crippen LogP contribution in [0, 0.1) is 5.92 Å². The summed E-state index contributed by atoms with van der Waals surface area (Å²) in [4.78, 5) is 23.9. The van der Waals surface area contributed by atoms with E-state index in [1.807, 2.05) is 30.1 Å². The van der Waals surface area contributed by atoms with Crippen LogP contribution in [0.25, 0.3) is 0 Å². The van der Waals surface area contributed by atoms with Crippen molar-refractivity contribution in [2.24, 2.45) is 13.0 Å². The zero-order valence-corrected chi connectivity index (χ0v) is 12.9. The number of rotatable bonds is 4. The molecule has 1 N–H and O–H groups in total. The Kier molecular flexibility index (Phi) is 5.33. The van der Waals surface area contributed by atoms with Crippen molar-refractivity contribution in [1.82, 2.24) is 14.8 Å². The van der Waals surface area contributed by atoms with Crippen molar-refractivity contribution in [1.29, 1.82) is 0 Å². The molecule has 1 aromatic rings. The fourth-order valence-electron chi connectivity index (χ4n) is 2.71. The smallest absolute Gasteiger partial charge is 0.357 e. The molecule has 1 aliphatic rings. The Bertz CT molecular complexity index is 561. The van der Waals surface area contributed by atoms with E-state index in [0.717, 1.165) is 10.5 Å². The van der Waals surface area contributed by atoms with E-state index in [4.69, 9.17) is 0 Å². The van der Waals surface area contributed by atoms with Crippen LogP contribution < -0.4 is 5.32 Å². The first-order chi connectivity index (χ1) is 10.8. The van der Waals surface area contributed by atoms with Gasteiger partial charge in [0.1, 0.15) is 0 Å². The number of nitrogens with one attached hydrogen (secondary N) is 1. The quantitative estimate of drug-likeness (QED) is 0.909. The average Bonchev–Trinajstić information content (AvgIpc) is 2.91. The Morgan fingerprint density at radius 3 is 2.48 bits per heavy atom. The SMILES string of the molecule is Cn1ccc(CCNC(=O)C2CCN(C(=O)C(F)(F)F)CC2)c1. The maximum Gasteiger partial charge on any atom is 0.471 e. The largest absolute Gasteiger partial charge is 0.471 e. The molecule has 2 heterocycles. The monoisotopic (exact) mass is 331 g/mol. The van der Waals surface area contributed by atoms with Crippen LogP contribution in [0.4, 0.5) is 13.2 Å². The minimum absolute atomic E-state index is 0.0326. The molecule has 5 nitrogen and oxygen atoms in total. The summed E-state index contributed by atoms with van der Waals surface area (Å²) in [5.41, 5.74) is 1.11. The summed E-state index contributed by atoms with van der Waals surface area (Å²) in [6, 6.07) is 1.97. The fourth-order valence-corrected chi connectivity index (χ4v) is 2.71. The highest BCUT2D eigenvalue weighted by molar-refractivity contribution is 5.83. The molecule has 0 bridgehead atoms. The lowest BCUT2D eigenvalue weighted by Crippen LogP contribution is -2.47. The number of nitrogens with zero attached hydrogens (tertiary/aromatic N) is 2. The summed E-state index contributed by atoms with van der Waals surface area (Å²) in [7, 11) is 1.91. The number of carbonyl (C=O) groups is 2. The van der Waals surface area contributed by atoms with Crippen LogP contribution in [0.1, 0.15) is 18.4 Å². The zero-order chi connectivity index (χ0) is 17.0. The first kappa shape index (κ1) is 17.4. The van der Waals surface area contributed by atoms with E-state index < -0.39 is 12.1 Å². The second-order valence-corrected chi connectivity index (χ2v) is 5.79. The summed E-state index contributed by atoms with van der Waals surface area (Å²) in [5.74, 6) is -2.30. The van der Waals surface area contributed by atoms with Crippen molar-refractivity contribution in [3.8, 4) is 0 Å². The molecule has 0 saturated carbocycles. The number of aryl methyl sites for hydroxylation is 1. The summed E-state index contributed by atoms with van der Waals surface area (Å²) in [6.45, 7) is 0.425. The zero-order valence-electron chi connectivity index (χ0n) is 12.9. The number of amides is 2. The maximum absolute atomic E-state index is 12.3. The molecule has 2 rings (SSSR count). The van der Waals surface area contributed by atoms with Crippen molar-refractivity contribution < 1.29 is 22.8 Å². The van der Waals surface area contributed by atoms with Crippen molar-refractivity contribution in [2.45, 2.75) is 25.4 Å². The van der Waals surface area contributed by atoms with Gasteiger partial charge in [-0.2, -0.15) is 13.2 Å². The third kappa shape index (κ3) is 4.74. The Morgan fingerprint density at radius 2 is 1.96 bits per heavy atom. The maximum atomic E-state index is 12.3. The molecule has 0 aliphatic carbocycles. The summed E-state index contributed by atoms with van der Waals surface area (Å²) in [5, 5.41) is 2.81. The number of aromatic nitrogens is 1. The van der Waals surface area contributed by atoms with Crippen molar-refractivity contribution in [3.05, 3.63) is 24.0 Å². The second-order valence-electron chi connectivity index (χ2n) is 5.79. The molecule has 1 aromatic heterocycles. The molecule has 0 spiro atoms. The van der Waals surface area contributed by atoms with Gasteiger partial charge in [-0.3, -0.25) is 9.59 Å². The molecular weight excluding hydrogens is 311 g/mol. The first-order valence-corrected chi connectivity index (χ1v) is 7.52. The molecule has 0 unspecified atom stereocenters. The molecule has 0 atom stereocenters. The number of halogens is 3. The van der Waals surface area contributed by atoms with E-state index in [1.54, 1.807) is 0 Å². The summed E-state index contributed by atoms with van der Waals surface area (Å²) in [6.07, 6.45) is 0.276. The van der Waals surface area contributed by atoms with Crippen molar-refractivity contribution in [3.63, 3.8) is 0 Å². The van der Waals surface area contributed by atoms with Crippen LogP contribution >= 0.6 is 0 Å². The standard InChI is InChI=1S/C15H20F3N3O2/c1-20-7-3-11(10-20)2-6-19-13(22)12-4-8-21(9-5-12)14(23)15(16,17)18/h3,7,10,12H,2,4-6,8-9H2,1H3,(H,19,22). The molecule has 0 aromatic carbocycles. The van der Waals surface area contributed by atoms with Gasteiger partial charge in [0.15, 0.2) is 0 Å². The number of likely N-dealkylation sites (tertiary alicyclic amines) is 1. The van der Waals surface area contributed by atoms with Gasteiger partial charge in [-0.05, 0) is 30.9 Å². The topological polar surface area (TPSA) is 54.3 Å². The number of hydrogen-bond acceptors (Lipinski definition) is 2. The highest BCUT2D eigenvalue weighted by atomic mass is 19.4. The highest BCUT2D eigenvalue weighted by Gasteiger charge is 2.43. The predicted molar refractivity (Wildman–Crippen MR) is 77.5 cm³/mol. The van der Waals surface area contributed by atoms with Crippen LogP contribution in [0.15, 0.2) is 18.5 Å². The minimum Gasteiger partial charge on any atom is -0.357 e. The molecule has 8 heteroatoms. The molecule has 1 fully saturated rings. The summed E-state index contributed by atoms with van der Waals surface area (Å²) < 4.78 is 39.0. The molecule has 1 aliphatic heterocycles. The van der Waals surface area contributed by atoms with Gasteiger partial charge in [0, 0.05) is 45.0 Å². The lowest BCUT2D eigenvalue weighted by Gasteiger charge is -2.31. The van der Waals surface area contributed by atoms with Gasteiger partial charge in [-0.1, -0.05) is 0 Å². The third-order valence-corrected chi connectivity index (χ3v) is 4.00. The van der Waals surface area contributed by atoms with Gasteiger partial charge in [0.05, 0.1) is 0 Å². The van der Waals surface area contributed by atoms with Crippen molar-refractivity contribution in [2.75, 3.05) is 19.6 Å².